The van der Waals surface area contributed by atoms with Gasteiger partial charge in [0.2, 0.25) is 0 Å². The maximum Gasteiger partial charge on any atom is 3.00 e. The number of carbonyl (C=O) groups excluding carboxylic acids is 3. The summed E-state index contributed by atoms with van der Waals surface area (Å²) >= 11 is 0. The molecule has 0 aromatic heterocycles. The second kappa shape index (κ2) is 14.2. The number of carbonyl (C=O) groups is 3. The van der Waals surface area contributed by atoms with Crippen LogP contribution in [0, 0.1) is 0 Å². The van der Waals surface area contributed by atoms with Gasteiger partial charge in [0.15, 0.2) is 0 Å². The van der Waals surface area contributed by atoms with E-state index in [0.29, 0.717) is 0 Å². The first-order chi connectivity index (χ1) is 7.93. The molecule has 1 radical (unpaired) electrons. The van der Waals surface area contributed by atoms with Crippen molar-refractivity contribution in [2.45, 2.75) is 20.8 Å². The van der Waals surface area contributed by atoms with Crippen LogP contribution in [-0.4, -0.2) is 17.9 Å². The maximum absolute atomic E-state index is 9.49. The summed E-state index contributed by atoms with van der Waals surface area (Å²) in [4.78, 5) is 28.5. The molecule has 0 bridgehead atoms. The number of carboxylic acid groups (broad SMARTS) is 3. The Morgan fingerprint density at radius 2 is 0.684 bits per heavy atom. The van der Waals surface area contributed by atoms with Crippen LogP contribution < -0.4 is 15.3 Å². The van der Waals surface area contributed by atoms with E-state index in [0.717, 1.165) is 0 Å². The van der Waals surface area contributed by atoms with Crippen molar-refractivity contribution < 1.29 is 46.2 Å². The number of hydrogen-bond donors (Lipinski definition) is 0. The summed E-state index contributed by atoms with van der Waals surface area (Å²) < 4.78 is 0. The molecule has 6 nitrogen and oxygen atoms in total. The summed E-state index contributed by atoms with van der Waals surface area (Å²) in [6.45, 7) is 13.4. The first-order valence-corrected chi connectivity index (χ1v) is 4.54. The molecule has 0 aliphatic carbocycles. The van der Waals surface area contributed by atoms with Crippen LogP contribution >= 0.6 is 0 Å². The smallest absolute Gasteiger partial charge is 0.545 e. The van der Waals surface area contributed by atoms with Crippen molar-refractivity contribution in [2.75, 3.05) is 0 Å². The summed E-state index contributed by atoms with van der Waals surface area (Å²) in [5.41, 5.74) is 0.194. The van der Waals surface area contributed by atoms with E-state index >= 15 is 0 Å². The Morgan fingerprint density at radius 3 is 0.684 bits per heavy atom. The minimum absolute atomic E-state index is 0. The monoisotopic (exact) mass is 313 g/mol. The molecule has 0 amide bonds. The third-order valence-corrected chi connectivity index (χ3v) is 1.05. The minimum Gasteiger partial charge on any atom is -0.545 e. The molecular weight excluding hydrogens is 299 g/mol. The van der Waals surface area contributed by atoms with Gasteiger partial charge in [-0.05, 0) is 37.5 Å². The van der Waals surface area contributed by atoms with E-state index in [9.17, 15) is 29.7 Å². The number of carboxylic acids is 3. The zero-order valence-electron chi connectivity index (χ0n) is 10.9. The summed E-state index contributed by atoms with van der Waals surface area (Å²) in [5.74, 6) is -3.56. The zero-order valence-corrected chi connectivity index (χ0v) is 11.9. The van der Waals surface area contributed by atoms with Crippen LogP contribution in [-0.2, 0) is 30.9 Å². The Kier molecular flexibility index (Phi) is 19.3. The maximum atomic E-state index is 9.49. The van der Waals surface area contributed by atoms with E-state index in [-0.39, 0.29) is 33.2 Å². The fourth-order valence-corrected chi connectivity index (χ4v) is 0. The van der Waals surface area contributed by atoms with Crippen molar-refractivity contribution in [3.05, 3.63) is 36.5 Å². The molecule has 0 heterocycles. The van der Waals surface area contributed by atoms with E-state index in [1.807, 2.05) is 0 Å². The molecule has 0 spiro atoms. The van der Waals surface area contributed by atoms with Crippen molar-refractivity contribution in [3.8, 4) is 0 Å². The molecule has 0 aliphatic rings. The van der Waals surface area contributed by atoms with Gasteiger partial charge in [-0.2, -0.15) is 0 Å². The fourth-order valence-electron chi connectivity index (χ4n) is 0. The Bertz CT molecular complexity index is 277. The quantitative estimate of drug-likeness (QED) is 0.436. The molecule has 0 rings (SSSR count). The predicted molar refractivity (Wildman–Crippen MR) is 59.5 cm³/mol. The van der Waals surface area contributed by atoms with Gasteiger partial charge in [0.25, 0.3) is 0 Å². The van der Waals surface area contributed by atoms with E-state index in [1.54, 1.807) is 0 Å². The average Bonchev–Trinajstić information content (AvgIpc) is 2.18. The molecular formula is C12H15NiO6. The van der Waals surface area contributed by atoms with Crippen LogP contribution in [0.1, 0.15) is 20.8 Å². The Morgan fingerprint density at radius 1 is 0.632 bits per heavy atom. The molecule has 19 heavy (non-hydrogen) atoms. The molecule has 0 fully saturated rings. The van der Waals surface area contributed by atoms with Gasteiger partial charge in [0.1, 0.15) is 0 Å². The normalized spacial score (nSPS) is 7.11. The van der Waals surface area contributed by atoms with Gasteiger partial charge < -0.3 is 29.7 Å². The van der Waals surface area contributed by atoms with E-state index in [4.69, 9.17) is 0 Å². The van der Waals surface area contributed by atoms with Gasteiger partial charge in [-0.1, -0.05) is 19.7 Å². The molecule has 0 saturated carbocycles. The first-order valence-electron chi connectivity index (χ1n) is 4.54. The van der Waals surface area contributed by atoms with E-state index in [2.05, 4.69) is 19.7 Å². The Hall–Kier alpha value is -1.88. The zero-order chi connectivity index (χ0) is 15.5. The molecule has 0 unspecified atom stereocenters. The second-order valence-corrected chi connectivity index (χ2v) is 3.20. The Labute approximate surface area is 122 Å². The summed E-state index contributed by atoms with van der Waals surface area (Å²) in [5, 5.41) is 28.5. The third kappa shape index (κ3) is 31.4. The van der Waals surface area contributed by atoms with Crippen molar-refractivity contribution >= 4 is 17.9 Å². The average molecular weight is 314 g/mol. The largest absolute Gasteiger partial charge is 3.00 e. The van der Waals surface area contributed by atoms with Crippen LogP contribution in [0.15, 0.2) is 36.5 Å². The summed E-state index contributed by atoms with van der Waals surface area (Å²) in [6.07, 6.45) is 0. The van der Waals surface area contributed by atoms with Crippen LogP contribution in [0.4, 0.5) is 0 Å². The SMILES string of the molecule is C=C(C)C(=O)[O-].C=C(C)C(=O)[O-].C=C(C)C(=O)[O-].[Ni+3]. The van der Waals surface area contributed by atoms with Gasteiger partial charge in [-0.25, -0.2) is 0 Å². The number of hydrogen-bond acceptors (Lipinski definition) is 6. The van der Waals surface area contributed by atoms with Gasteiger partial charge in [0, 0.05) is 0 Å². The van der Waals surface area contributed by atoms with Gasteiger partial charge in [-0.3, -0.25) is 0 Å². The topological polar surface area (TPSA) is 120 Å². The van der Waals surface area contributed by atoms with Crippen LogP contribution in [0.25, 0.3) is 0 Å². The Balaban J connectivity index is -0.0000000865. The molecule has 0 saturated heterocycles. The van der Waals surface area contributed by atoms with E-state index in [1.165, 1.54) is 20.8 Å². The molecule has 0 aromatic carbocycles. The van der Waals surface area contributed by atoms with Crippen LogP contribution in [0.5, 0.6) is 0 Å². The summed E-state index contributed by atoms with van der Waals surface area (Å²) in [7, 11) is 0. The molecule has 7 heteroatoms. The molecule has 0 aromatic rings. The first kappa shape index (κ1) is 25.8. The molecule has 0 aliphatic heterocycles. The number of rotatable bonds is 3. The van der Waals surface area contributed by atoms with E-state index < -0.39 is 17.9 Å². The second-order valence-electron chi connectivity index (χ2n) is 3.20. The molecule has 0 atom stereocenters. The predicted octanol–water partition coefficient (Wildman–Crippen LogP) is -2.07. The van der Waals surface area contributed by atoms with Crippen molar-refractivity contribution in [3.63, 3.8) is 0 Å². The fraction of sp³-hybridized carbons (Fsp3) is 0.250. The summed E-state index contributed by atoms with van der Waals surface area (Å²) in [6, 6.07) is 0. The standard InChI is InChI=1S/3C4H6O2.Ni/c3*1-3(2)4(5)6;/h3*1H2,2H3,(H,5,6);/q;;;+3/p-3. The molecule has 109 valence electrons. The van der Waals surface area contributed by atoms with Gasteiger partial charge in [-0.15, -0.1) is 0 Å². The third-order valence-electron chi connectivity index (χ3n) is 1.05. The van der Waals surface area contributed by atoms with Gasteiger partial charge in [0.05, 0.1) is 17.9 Å². The molecule has 0 N–H and O–H groups in total. The van der Waals surface area contributed by atoms with Gasteiger partial charge >= 0.3 is 16.5 Å². The van der Waals surface area contributed by atoms with Crippen molar-refractivity contribution in [2.24, 2.45) is 0 Å². The van der Waals surface area contributed by atoms with Crippen molar-refractivity contribution in [1.82, 2.24) is 0 Å². The van der Waals surface area contributed by atoms with Crippen molar-refractivity contribution in [1.29, 1.82) is 0 Å². The number of aliphatic carboxylic acids is 3. The van der Waals surface area contributed by atoms with Crippen LogP contribution in [0.2, 0.25) is 0 Å². The minimum atomic E-state index is -1.19. The van der Waals surface area contributed by atoms with Crippen LogP contribution in [0.3, 0.4) is 0 Å².